The highest BCUT2D eigenvalue weighted by atomic mass is 19.2. The van der Waals surface area contributed by atoms with Crippen molar-refractivity contribution in [2.45, 2.75) is 59.0 Å². The summed E-state index contributed by atoms with van der Waals surface area (Å²) in [6, 6.07) is 12.9. The monoisotopic (exact) mass is 444 g/mol. The molecule has 3 rings (SSSR count). The summed E-state index contributed by atoms with van der Waals surface area (Å²) in [7, 11) is 0. The fraction of sp³-hybridized carbons (Fsp3) is 0.333. The third-order valence-corrected chi connectivity index (χ3v) is 5.52. The van der Waals surface area contributed by atoms with E-state index in [0.29, 0.717) is 35.1 Å². The summed E-state index contributed by atoms with van der Waals surface area (Å²) in [6.45, 7) is 3.98. The molecule has 0 aliphatic heterocycles. The van der Waals surface area contributed by atoms with Crippen molar-refractivity contribution in [3.8, 4) is 16.9 Å². The zero-order chi connectivity index (χ0) is 23.1. The van der Waals surface area contributed by atoms with Crippen molar-refractivity contribution in [2.24, 2.45) is 0 Å². The van der Waals surface area contributed by atoms with Gasteiger partial charge < -0.3 is 4.74 Å². The van der Waals surface area contributed by atoms with E-state index in [1.54, 1.807) is 36.4 Å². The SMILES string of the molecule is CCCCCc1ccc(-c2ccc(COc3ccc(CCC)c(F)c3F)cc2)c(F)c1F. The van der Waals surface area contributed by atoms with Crippen LogP contribution in [-0.2, 0) is 19.4 Å². The summed E-state index contributed by atoms with van der Waals surface area (Å²) in [4.78, 5) is 0. The Hall–Kier alpha value is -2.82. The average Bonchev–Trinajstić information content (AvgIpc) is 2.80. The van der Waals surface area contributed by atoms with Crippen molar-refractivity contribution in [3.05, 3.63) is 88.5 Å². The second kappa shape index (κ2) is 11.2. The molecule has 0 aliphatic rings. The van der Waals surface area contributed by atoms with E-state index in [-0.39, 0.29) is 17.9 Å². The van der Waals surface area contributed by atoms with E-state index < -0.39 is 23.3 Å². The molecule has 32 heavy (non-hydrogen) atoms. The van der Waals surface area contributed by atoms with Gasteiger partial charge in [-0.15, -0.1) is 0 Å². The van der Waals surface area contributed by atoms with E-state index in [9.17, 15) is 17.6 Å². The summed E-state index contributed by atoms with van der Waals surface area (Å²) >= 11 is 0. The van der Waals surface area contributed by atoms with Crippen LogP contribution in [0.25, 0.3) is 11.1 Å². The lowest BCUT2D eigenvalue weighted by molar-refractivity contribution is 0.284. The van der Waals surface area contributed by atoms with Crippen LogP contribution in [-0.4, -0.2) is 0 Å². The number of benzene rings is 3. The number of rotatable bonds is 10. The van der Waals surface area contributed by atoms with E-state index in [1.807, 2.05) is 6.92 Å². The molecule has 0 aliphatic carbocycles. The molecule has 0 amide bonds. The standard InChI is InChI=1S/C27H28F4O/c1-3-5-6-8-21-13-15-22(26(30)24(21)28)19-11-9-18(10-12-19)17-32-23-16-14-20(7-4-2)25(29)27(23)31/h9-16H,3-8,17H2,1-2H3. The highest BCUT2D eigenvalue weighted by molar-refractivity contribution is 5.65. The maximum atomic E-state index is 14.6. The van der Waals surface area contributed by atoms with Crippen molar-refractivity contribution >= 4 is 0 Å². The maximum absolute atomic E-state index is 14.6. The van der Waals surface area contributed by atoms with Crippen LogP contribution in [0, 0.1) is 23.3 Å². The van der Waals surface area contributed by atoms with Gasteiger partial charge in [0.15, 0.2) is 23.2 Å². The van der Waals surface area contributed by atoms with E-state index >= 15 is 0 Å². The fourth-order valence-electron chi connectivity index (χ4n) is 3.66. The second-order valence-electron chi connectivity index (χ2n) is 7.94. The molecule has 3 aromatic carbocycles. The molecule has 0 atom stereocenters. The zero-order valence-corrected chi connectivity index (χ0v) is 18.5. The van der Waals surface area contributed by atoms with E-state index in [0.717, 1.165) is 25.7 Å². The number of ether oxygens (including phenoxy) is 1. The number of hydrogen-bond acceptors (Lipinski definition) is 1. The van der Waals surface area contributed by atoms with Crippen LogP contribution in [0.4, 0.5) is 17.6 Å². The molecular weight excluding hydrogens is 416 g/mol. The quantitative estimate of drug-likeness (QED) is 0.226. The van der Waals surface area contributed by atoms with Gasteiger partial charge in [0, 0.05) is 5.56 Å². The molecule has 0 aromatic heterocycles. The molecule has 0 fully saturated rings. The van der Waals surface area contributed by atoms with Crippen LogP contribution in [0.3, 0.4) is 0 Å². The third-order valence-electron chi connectivity index (χ3n) is 5.52. The first-order valence-electron chi connectivity index (χ1n) is 11.1. The van der Waals surface area contributed by atoms with Gasteiger partial charge in [0.2, 0.25) is 5.82 Å². The van der Waals surface area contributed by atoms with Crippen LogP contribution in [0.1, 0.15) is 56.2 Å². The molecule has 0 saturated heterocycles. The molecule has 1 nitrogen and oxygen atoms in total. The Balaban J connectivity index is 1.69. The Morgan fingerprint density at radius 3 is 1.97 bits per heavy atom. The van der Waals surface area contributed by atoms with Crippen molar-refractivity contribution in [3.63, 3.8) is 0 Å². The minimum absolute atomic E-state index is 0.0248. The molecule has 0 radical (unpaired) electrons. The molecular formula is C27H28F4O. The van der Waals surface area contributed by atoms with E-state index in [2.05, 4.69) is 6.92 Å². The van der Waals surface area contributed by atoms with E-state index in [1.165, 1.54) is 12.1 Å². The van der Waals surface area contributed by atoms with Gasteiger partial charge in [-0.3, -0.25) is 0 Å². The third kappa shape index (κ3) is 5.50. The van der Waals surface area contributed by atoms with Crippen molar-refractivity contribution < 1.29 is 22.3 Å². The highest BCUT2D eigenvalue weighted by Crippen LogP contribution is 2.28. The summed E-state index contributed by atoms with van der Waals surface area (Å²) in [5.74, 6) is -3.68. The van der Waals surface area contributed by atoms with Crippen LogP contribution in [0.5, 0.6) is 5.75 Å². The first-order chi connectivity index (χ1) is 15.5. The lowest BCUT2D eigenvalue weighted by Crippen LogP contribution is -2.02. The maximum Gasteiger partial charge on any atom is 0.200 e. The Labute approximate surface area is 187 Å². The zero-order valence-electron chi connectivity index (χ0n) is 18.5. The number of aryl methyl sites for hydroxylation is 2. The molecule has 0 N–H and O–H groups in total. The topological polar surface area (TPSA) is 9.23 Å². The summed E-state index contributed by atoms with van der Waals surface area (Å²) < 4.78 is 62.8. The molecule has 5 heteroatoms. The van der Waals surface area contributed by atoms with Gasteiger partial charge in [-0.1, -0.05) is 75.6 Å². The van der Waals surface area contributed by atoms with Gasteiger partial charge in [-0.05, 0) is 47.6 Å². The van der Waals surface area contributed by atoms with Crippen LogP contribution in [0.15, 0.2) is 48.5 Å². The van der Waals surface area contributed by atoms with Crippen LogP contribution in [0.2, 0.25) is 0 Å². The minimum Gasteiger partial charge on any atom is -0.486 e. The summed E-state index contributed by atoms with van der Waals surface area (Å²) in [5, 5.41) is 0. The molecule has 170 valence electrons. The predicted octanol–water partition coefficient (Wildman–Crippen LogP) is 8.17. The Kier molecular flexibility index (Phi) is 8.32. The number of unbranched alkanes of at least 4 members (excludes halogenated alkanes) is 2. The molecule has 0 bridgehead atoms. The first kappa shape index (κ1) is 23.8. The first-order valence-corrected chi connectivity index (χ1v) is 11.1. The predicted molar refractivity (Wildman–Crippen MR) is 120 cm³/mol. The molecule has 0 spiro atoms. The normalized spacial score (nSPS) is 11.1. The van der Waals surface area contributed by atoms with Gasteiger partial charge in [0.05, 0.1) is 0 Å². The summed E-state index contributed by atoms with van der Waals surface area (Å²) in [6.07, 6.45) is 4.52. The lowest BCUT2D eigenvalue weighted by atomic mass is 9.99. The van der Waals surface area contributed by atoms with Gasteiger partial charge >= 0.3 is 0 Å². The Bertz CT molecular complexity index is 1040. The largest absolute Gasteiger partial charge is 0.486 e. The molecule has 0 unspecified atom stereocenters. The Morgan fingerprint density at radius 2 is 1.28 bits per heavy atom. The lowest BCUT2D eigenvalue weighted by Gasteiger charge is -2.11. The smallest absolute Gasteiger partial charge is 0.200 e. The molecule has 0 heterocycles. The fourth-order valence-corrected chi connectivity index (χ4v) is 3.66. The van der Waals surface area contributed by atoms with Crippen molar-refractivity contribution in [2.75, 3.05) is 0 Å². The van der Waals surface area contributed by atoms with Gasteiger partial charge in [0.1, 0.15) is 6.61 Å². The highest BCUT2D eigenvalue weighted by Gasteiger charge is 2.16. The average molecular weight is 445 g/mol. The van der Waals surface area contributed by atoms with Crippen molar-refractivity contribution in [1.29, 1.82) is 0 Å². The minimum atomic E-state index is -0.996. The molecule has 3 aromatic rings. The van der Waals surface area contributed by atoms with Crippen molar-refractivity contribution in [1.82, 2.24) is 0 Å². The second-order valence-corrected chi connectivity index (χ2v) is 7.94. The van der Waals surface area contributed by atoms with Crippen LogP contribution < -0.4 is 4.74 Å². The van der Waals surface area contributed by atoms with Gasteiger partial charge in [-0.2, -0.15) is 4.39 Å². The van der Waals surface area contributed by atoms with Gasteiger partial charge in [0.25, 0.3) is 0 Å². The summed E-state index contributed by atoms with van der Waals surface area (Å²) in [5.41, 5.74) is 2.14. The number of hydrogen-bond donors (Lipinski definition) is 0. The number of halogens is 4. The molecule has 0 saturated carbocycles. The van der Waals surface area contributed by atoms with Gasteiger partial charge in [-0.25, -0.2) is 13.2 Å². The van der Waals surface area contributed by atoms with Crippen LogP contribution >= 0.6 is 0 Å². The Morgan fingerprint density at radius 1 is 0.625 bits per heavy atom. The van der Waals surface area contributed by atoms with E-state index in [4.69, 9.17) is 4.74 Å².